The fourth-order valence-electron chi connectivity index (χ4n) is 1.74. The Hall–Kier alpha value is -2.15. The normalized spacial score (nSPS) is 13.0. The molecular weight excluding hydrogens is 412 g/mol. The number of amides is 2. The molecule has 0 spiro atoms. The van der Waals surface area contributed by atoms with Crippen LogP contribution in [0.4, 0.5) is 39.9 Å². The van der Waals surface area contributed by atoms with E-state index in [1.54, 1.807) is 5.32 Å². The Morgan fingerprint density at radius 3 is 1.82 bits per heavy atom. The number of hydrogen-bond acceptors (Lipinski definition) is 4. The average molecular weight is 430 g/mol. The van der Waals surface area contributed by atoms with Gasteiger partial charge in [-0.3, -0.25) is 4.79 Å². The van der Waals surface area contributed by atoms with Gasteiger partial charge in [0.05, 0.1) is 0 Å². The van der Waals surface area contributed by atoms with Crippen LogP contribution in [0.1, 0.15) is 32.6 Å². The average Bonchev–Trinajstić information content (AvgIpc) is 2.55. The van der Waals surface area contributed by atoms with E-state index in [1.165, 1.54) is 0 Å². The summed E-state index contributed by atoms with van der Waals surface area (Å²) in [6.07, 6.45) is 0.485. The number of nitrogens with one attached hydrogen (secondary N) is 2. The Bertz CT molecular complexity index is 552. The lowest BCUT2D eigenvalue weighted by atomic mass is 10.00. The fraction of sp³-hybridized carbons (Fsp3) is 0.786. The van der Waals surface area contributed by atoms with Crippen LogP contribution in [0.5, 0.6) is 0 Å². The first-order chi connectivity index (χ1) is 12.6. The second-order valence-electron chi connectivity index (χ2n) is 5.70. The highest BCUT2D eigenvalue weighted by Crippen LogP contribution is 2.52. The maximum Gasteiger partial charge on any atom is 0.415 e. The molecule has 0 rings (SSSR count). The molecule has 0 aliphatic rings. The van der Waals surface area contributed by atoms with Crippen LogP contribution in [-0.4, -0.2) is 55.3 Å². The monoisotopic (exact) mass is 430 g/mol. The van der Waals surface area contributed by atoms with Gasteiger partial charge in [-0.15, -0.1) is 0 Å². The minimum absolute atomic E-state index is 0.238. The zero-order valence-corrected chi connectivity index (χ0v) is 14.5. The van der Waals surface area contributed by atoms with Gasteiger partial charge < -0.3 is 15.4 Å². The van der Waals surface area contributed by atoms with Gasteiger partial charge in [-0.25, -0.2) is 9.59 Å². The molecule has 0 radical (unpaired) electrons. The molecule has 0 bridgehead atoms. The number of unbranched alkanes of at least 4 members (excludes halogenated alkanes) is 3. The van der Waals surface area contributed by atoms with Gasteiger partial charge in [-0.05, 0) is 12.8 Å². The molecule has 0 aromatic rings. The van der Waals surface area contributed by atoms with Gasteiger partial charge in [-0.2, -0.15) is 35.1 Å². The molecule has 0 atom stereocenters. The van der Waals surface area contributed by atoms with E-state index in [1.807, 2.05) is 0 Å². The number of halogens is 8. The van der Waals surface area contributed by atoms with Crippen molar-refractivity contribution in [3.8, 4) is 0 Å². The summed E-state index contributed by atoms with van der Waals surface area (Å²) in [6.45, 7) is -0.569. The molecule has 2 N–H and O–H groups in total. The second-order valence-corrected chi connectivity index (χ2v) is 5.70. The summed E-state index contributed by atoms with van der Waals surface area (Å²) in [6, 6.07) is 0. The molecule has 0 heterocycles. The van der Waals surface area contributed by atoms with E-state index in [0.29, 0.717) is 32.2 Å². The zero-order valence-electron chi connectivity index (χ0n) is 14.5. The van der Waals surface area contributed by atoms with Crippen molar-refractivity contribution in [1.29, 1.82) is 0 Å². The SMILES string of the molecule is CC(F)(F)C(F)(F)C(F)(F)C(F)(F)C(=O)OC(=O)NCCCCCCNC=O. The Kier molecular flexibility index (Phi) is 9.11. The van der Waals surface area contributed by atoms with Crippen molar-refractivity contribution in [2.24, 2.45) is 0 Å². The fourth-order valence-corrected chi connectivity index (χ4v) is 1.74. The first kappa shape index (κ1) is 25.9. The van der Waals surface area contributed by atoms with E-state index in [-0.39, 0.29) is 13.0 Å². The lowest BCUT2D eigenvalue weighted by molar-refractivity contribution is -0.355. The van der Waals surface area contributed by atoms with Gasteiger partial charge in [0.1, 0.15) is 0 Å². The van der Waals surface area contributed by atoms with Crippen LogP contribution in [0.15, 0.2) is 0 Å². The second kappa shape index (κ2) is 9.87. The van der Waals surface area contributed by atoms with Crippen molar-refractivity contribution in [1.82, 2.24) is 10.6 Å². The zero-order chi connectivity index (χ0) is 22.2. The first-order valence-corrected chi connectivity index (χ1v) is 7.81. The number of alkyl halides is 8. The first-order valence-electron chi connectivity index (χ1n) is 7.81. The van der Waals surface area contributed by atoms with Crippen LogP contribution in [0.3, 0.4) is 0 Å². The Labute approximate surface area is 154 Å². The summed E-state index contributed by atoms with van der Waals surface area (Å²) in [5.74, 6) is -28.8. The molecule has 0 aliphatic heterocycles. The molecule has 28 heavy (non-hydrogen) atoms. The third-order valence-corrected chi connectivity index (χ3v) is 3.38. The molecule has 0 aliphatic carbocycles. The third kappa shape index (κ3) is 6.19. The molecule has 0 aromatic carbocycles. The maximum absolute atomic E-state index is 13.3. The predicted octanol–water partition coefficient (Wildman–Crippen LogP) is 3.11. The van der Waals surface area contributed by atoms with E-state index in [2.05, 4.69) is 10.1 Å². The summed E-state index contributed by atoms with van der Waals surface area (Å²) in [7, 11) is 0. The van der Waals surface area contributed by atoms with Gasteiger partial charge in [0.15, 0.2) is 0 Å². The lowest BCUT2D eigenvalue weighted by Gasteiger charge is -2.33. The van der Waals surface area contributed by atoms with Crippen molar-refractivity contribution in [3.63, 3.8) is 0 Å². The van der Waals surface area contributed by atoms with E-state index < -0.39 is 42.7 Å². The summed E-state index contributed by atoms with van der Waals surface area (Å²) < 4.78 is 108. The maximum atomic E-state index is 13.3. The summed E-state index contributed by atoms with van der Waals surface area (Å²) in [5.41, 5.74) is 0. The molecule has 0 fully saturated rings. The van der Waals surface area contributed by atoms with E-state index in [4.69, 9.17) is 0 Å². The van der Waals surface area contributed by atoms with Crippen molar-refractivity contribution in [2.45, 2.75) is 56.3 Å². The number of ether oxygens (including phenoxy) is 1. The minimum Gasteiger partial charge on any atom is -0.372 e. The van der Waals surface area contributed by atoms with Gasteiger partial charge in [-0.1, -0.05) is 12.8 Å². The molecule has 0 saturated heterocycles. The molecule has 0 saturated carbocycles. The third-order valence-electron chi connectivity index (χ3n) is 3.38. The minimum atomic E-state index is -6.83. The summed E-state index contributed by atoms with van der Waals surface area (Å²) >= 11 is 0. The standard InChI is InChI=1S/C14H18F8N2O4/c1-11(15,16)13(19,20)14(21,22)12(17,18)9(26)28-10(27)24-7-5-3-2-4-6-23-8-25/h8H,2-7H2,1H3,(H,23,25)(H,24,27). The van der Waals surface area contributed by atoms with Crippen LogP contribution >= 0.6 is 0 Å². The summed E-state index contributed by atoms with van der Waals surface area (Å²) in [5, 5.41) is 4.13. The predicted molar refractivity (Wildman–Crippen MR) is 77.5 cm³/mol. The van der Waals surface area contributed by atoms with Crippen LogP contribution in [0.25, 0.3) is 0 Å². The van der Waals surface area contributed by atoms with E-state index in [0.717, 1.165) is 0 Å². The summed E-state index contributed by atoms with van der Waals surface area (Å²) in [4.78, 5) is 32.1. The molecule has 14 heteroatoms. The number of alkyl carbamates (subject to hydrolysis) is 1. The highest BCUT2D eigenvalue weighted by molar-refractivity contribution is 5.89. The number of carbonyl (C=O) groups is 3. The van der Waals surface area contributed by atoms with Gasteiger partial charge >= 0.3 is 35.8 Å². The van der Waals surface area contributed by atoms with Crippen LogP contribution in [-0.2, 0) is 14.3 Å². The van der Waals surface area contributed by atoms with Crippen LogP contribution in [0, 0.1) is 0 Å². The van der Waals surface area contributed by atoms with Gasteiger partial charge in [0, 0.05) is 20.0 Å². The van der Waals surface area contributed by atoms with E-state index in [9.17, 15) is 49.5 Å². The molecule has 0 unspecified atom stereocenters. The van der Waals surface area contributed by atoms with Gasteiger partial charge in [0.2, 0.25) is 6.41 Å². The largest absolute Gasteiger partial charge is 0.415 e. The van der Waals surface area contributed by atoms with Crippen molar-refractivity contribution < 1.29 is 54.2 Å². The number of hydrogen-bond donors (Lipinski definition) is 2. The Morgan fingerprint density at radius 1 is 0.857 bits per heavy atom. The molecule has 0 aromatic heterocycles. The topological polar surface area (TPSA) is 84.5 Å². The molecular formula is C14H18F8N2O4. The lowest BCUT2D eigenvalue weighted by Crippen LogP contribution is -2.64. The molecule has 164 valence electrons. The number of esters is 1. The number of carbonyl (C=O) groups excluding carboxylic acids is 3. The van der Waals surface area contributed by atoms with Gasteiger partial charge in [0.25, 0.3) is 0 Å². The quantitative estimate of drug-likeness (QED) is 0.164. The van der Waals surface area contributed by atoms with Crippen molar-refractivity contribution in [3.05, 3.63) is 0 Å². The molecule has 6 nitrogen and oxygen atoms in total. The molecule has 2 amide bonds. The Morgan fingerprint density at radius 2 is 1.36 bits per heavy atom. The van der Waals surface area contributed by atoms with Crippen LogP contribution < -0.4 is 10.6 Å². The van der Waals surface area contributed by atoms with E-state index >= 15 is 0 Å². The Balaban J connectivity index is 4.63. The highest BCUT2D eigenvalue weighted by atomic mass is 19.4. The number of rotatable bonds is 12. The van der Waals surface area contributed by atoms with Crippen molar-refractivity contribution >= 4 is 18.5 Å². The van der Waals surface area contributed by atoms with Crippen molar-refractivity contribution in [2.75, 3.05) is 13.1 Å². The smallest absolute Gasteiger partial charge is 0.372 e. The highest BCUT2D eigenvalue weighted by Gasteiger charge is 2.82. The van der Waals surface area contributed by atoms with Crippen LogP contribution in [0.2, 0.25) is 0 Å².